The fourth-order valence-corrected chi connectivity index (χ4v) is 5.81. The van der Waals surface area contributed by atoms with Gasteiger partial charge >= 0.3 is 0 Å². The quantitative estimate of drug-likeness (QED) is 0.528. The van der Waals surface area contributed by atoms with E-state index >= 15 is 0 Å². The van der Waals surface area contributed by atoms with Crippen LogP contribution in [0.2, 0.25) is 0 Å². The Morgan fingerprint density at radius 2 is 1.80 bits per heavy atom. The molecule has 4 heterocycles. The SMILES string of the molecule is C#C[C@@H](Nc1nc(C)nc2cc(=O)n(C3CC4CC[C@@H](C3)N4C)cc12)c1cccc(C(F)F)c1C. The van der Waals surface area contributed by atoms with Crippen LogP contribution in [-0.2, 0) is 0 Å². The number of aromatic nitrogens is 3. The second-order valence-electron chi connectivity index (χ2n) is 9.72. The highest BCUT2D eigenvalue weighted by Crippen LogP contribution is 2.39. The van der Waals surface area contributed by atoms with Gasteiger partial charge < -0.3 is 14.8 Å². The van der Waals surface area contributed by atoms with Crippen LogP contribution in [0.1, 0.15) is 66.7 Å². The molecule has 2 unspecified atom stereocenters. The molecular weight excluding hydrogens is 448 g/mol. The number of aryl methyl sites for hydroxylation is 1. The van der Waals surface area contributed by atoms with E-state index in [-0.39, 0.29) is 17.2 Å². The molecule has 6 nitrogen and oxygen atoms in total. The van der Waals surface area contributed by atoms with Gasteiger partial charge in [-0.1, -0.05) is 24.1 Å². The Labute approximate surface area is 203 Å². The van der Waals surface area contributed by atoms with E-state index in [0.717, 1.165) is 25.7 Å². The predicted octanol–water partition coefficient (Wildman–Crippen LogP) is 4.93. The van der Waals surface area contributed by atoms with Crippen LogP contribution in [0.3, 0.4) is 0 Å². The Kier molecular flexibility index (Phi) is 6.06. The number of alkyl halides is 2. The third-order valence-corrected chi connectivity index (χ3v) is 7.75. The molecule has 0 saturated carbocycles. The second-order valence-corrected chi connectivity index (χ2v) is 9.72. The third-order valence-electron chi connectivity index (χ3n) is 7.75. The molecule has 0 amide bonds. The summed E-state index contributed by atoms with van der Waals surface area (Å²) in [7, 11) is 2.17. The monoisotopic (exact) mass is 477 g/mol. The van der Waals surface area contributed by atoms with Crippen molar-refractivity contribution < 1.29 is 8.78 Å². The van der Waals surface area contributed by atoms with E-state index in [1.807, 2.05) is 10.8 Å². The molecule has 35 heavy (non-hydrogen) atoms. The van der Waals surface area contributed by atoms with Gasteiger partial charge in [0.15, 0.2) is 0 Å². The van der Waals surface area contributed by atoms with Gasteiger partial charge in [-0.05, 0) is 57.7 Å². The first kappa shape index (κ1) is 23.4. The van der Waals surface area contributed by atoms with Gasteiger partial charge in [0.2, 0.25) is 0 Å². The lowest BCUT2D eigenvalue weighted by atomic mass is 9.97. The molecule has 1 N–H and O–H groups in total. The van der Waals surface area contributed by atoms with Crippen molar-refractivity contribution in [3.8, 4) is 12.3 Å². The van der Waals surface area contributed by atoms with Crippen LogP contribution in [0.15, 0.2) is 35.3 Å². The summed E-state index contributed by atoms with van der Waals surface area (Å²) in [5, 5.41) is 3.95. The maximum Gasteiger partial charge on any atom is 0.264 e. The average molecular weight is 478 g/mol. The number of nitrogens with one attached hydrogen (secondary N) is 1. The van der Waals surface area contributed by atoms with E-state index in [9.17, 15) is 13.6 Å². The van der Waals surface area contributed by atoms with Crippen LogP contribution >= 0.6 is 0 Å². The van der Waals surface area contributed by atoms with E-state index in [4.69, 9.17) is 6.42 Å². The first-order valence-corrected chi connectivity index (χ1v) is 12.0. The minimum Gasteiger partial charge on any atom is -0.352 e. The lowest BCUT2D eigenvalue weighted by Gasteiger charge is -2.37. The van der Waals surface area contributed by atoms with Crippen molar-refractivity contribution in [2.24, 2.45) is 0 Å². The number of rotatable bonds is 5. The third kappa shape index (κ3) is 4.19. The van der Waals surface area contributed by atoms with Crippen molar-refractivity contribution in [2.75, 3.05) is 12.4 Å². The van der Waals surface area contributed by atoms with Crippen molar-refractivity contribution in [3.05, 3.63) is 63.3 Å². The fourth-order valence-electron chi connectivity index (χ4n) is 5.81. The molecule has 0 aliphatic carbocycles. The number of halogens is 2. The van der Waals surface area contributed by atoms with Gasteiger partial charge in [-0.3, -0.25) is 4.79 Å². The number of benzene rings is 1. The standard InChI is InChI=1S/C27H29F2N5O/c1-5-23(20-7-6-8-21(15(20)2)26(28)29)32-27-22-14-34(25(35)13-24(22)30-16(3)31-27)19-11-17-9-10-18(12-19)33(17)4/h1,6-8,13-14,17-19,23,26H,9-12H2,2-4H3,(H,30,31,32)/t17-,18?,19?,23+/m0/s1. The number of hydrogen-bond donors (Lipinski definition) is 1. The van der Waals surface area contributed by atoms with Crippen LogP contribution in [0.25, 0.3) is 10.9 Å². The van der Waals surface area contributed by atoms with Crippen molar-refractivity contribution >= 4 is 16.7 Å². The normalized spacial score (nSPS) is 22.9. The number of nitrogens with zero attached hydrogens (tertiary/aromatic N) is 4. The molecule has 182 valence electrons. The Morgan fingerprint density at radius 3 is 2.46 bits per heavy atom. The molecule has 0 radical (unpaired) electrons. The molecule has 1 aromatic carbocycles. The smallest absolute Gasteiger partial charge is 0.264 e. The highest BCUT2D eigenvalue weighted by Gasteiger charge is 2.39. The van der Waals surface area contributed by atoms with Gasteiger partial charge in [0.25, 0.3) is 12.0 Å². The van der Waals surface area contributed by atoms with Gasteiger partial charge in [-0.15, -0.1) is 6.42 Å². The van der Waals surface area contributed by atoms with E-state index in [0.29, 0.717) is 45.8 Å². The zero-order valence-corrected chi connectivity index (χ0v) is 20.1. The Bertz CT molecular complexity index is 1360. The van der Waals surface area contributed by atoms with Crippen LogP contribution < -0.4 is 10.9 Å². The lowest BCUT2D eigenvalue weighted by Crippen LogP contribution is -2.42. The number of fused-ring (bicyclic) bond motifs is 3. The Hall–Kier alpha value is -3.31. The van der Waals surface area contributed by atoms with Gasteiger partial charge in [-0.2, -0.15) is 0 Å². The molecular formula is C27H29F2N5O. The van der Waals surface area contributed by atoms with Gasteiger partial charge in [0.05, 0.1) is 10.9 Å². The molecule has 4 atom stereocenters. The molecule has 2 aliphatic rings. The predicted molar refractivity (Wildman–Crippen MR) is 133 cm³/mol. The molecule has 0 spiro atoms. The molecule has 2 saturated heterocycles. The van der Waals surface area contributed by atoms with Gasteiger partial charge in [0.1, 0.15) is 17.7 Å². The lowest BCUT2D eigenvalue weighted by molar-refractivity contribution is 0.136. The van der Waals surface area contributed by atoms with Crippen molar-refractivity contribution in [1.82, 2.24) is 19.4 Å². The summed E-state index contributed by atoms with van der Waals surface area (Å²) in [6.07, 6.45) is 9.29. The highest BCUT2D eigenvalue weighted by molar-refractivity contribution is 5.88. The number of pyridine rings is 1. The second kappa shape index (κ2) is 9.04. The molecule has 8 heteroatoms. The number of piperidine rings is 1. The first-order chi connectivity index (χ1) is 16.8. The summed E-state index contributed by atoms with van der Waals surface area (Å²) < 4.78 is 28.8. The van der Waals surface area contributed by atoms with E-state index < -0.39 is 12.5 Å². The topological polar surface area (TPSA) is 63.1 Å². The van der Waals surface area contributed by atoms with Crippen LogP contribution in [-0.4, -0.2) is 38.6 Å². The highest BCUT2D eigenvalue weighted by atomic mass is 19.3. The van der Waals surface area contributed by atoms with Crippen molar-refractivity contribution in [2.45, 2.75) is 70.1 Å². The zero-order valence-electron chi connectivity index (χ0n) is 20.1. The van der Waals surface area contributed by atoms with E-state index in [2.05, 4.69) is 33.2 Å². The van der Waals surface area contributed by atoms with Crippen LogP contribution in [0.5, 0.6) is 0 Å². The minimum atomic E-state index is -2.59. The summed E-state index contributed by atoms with van der Waals surface area (Å²) in [5.74, 6) is 3.66. The average Bonchev–Trinajstić information content (AvgIpc) is 3.02. The fraction of sp³-hybridized carbons (Fsp3) is 0.444. The number of terminal acetylenes is 1. The molecule has 2 fully saturated rings. The summed E-state index contributed by atoms with van der Waals surface area (Å²) >= 11 is 0. The molecule has 2 aromatic heterocycles. The number of anilines is 1. The minimum absolute atomic E-state index is 0.0426. The summed E-state index contributed by atoms with van der Waals surface area (Å²) in [5.41, 5.74) is 1.45. The molecule has 5 rings (SSSR count). The maximum atomic E-state index is 13.5. The Balaban J connectivity index is 1.55. The first-order valence-electron chi connectivity index (χ1n) is 12.0. The molecule has 2 bridgehead atoms. The van der Waals surface area contributed by atoms with Gasteiger partial charge in [0, 0.05) is 36.0 Å². The largest absolute Gasteiger partial charge is 0.352 e. The molecule has 2 aliphatic heterocycles. The summed E-state index contributed by atoms with van der Waals surface area (Å²) in [6.45, 7) is 3.40. The van der Waals surface area contributed by atoms with Crippen molar-refractivity contribution in [3.63, 3.8) is 0 Å². The van der Waals surface area contributed by atoms with E-state index in [1.54, 1.807) is 32.0 Å². The summed E-state index contributed by atoms with van der Waals surface area (Å²) in [6, 6.07) is 6.73. The van der Waals surface area contributed by atoms with E-state index in [1.165, 1.54) is 6.07 Å². The Morgan fingerprint density at radius 1 is 1.11 bits per heavy atom. The van der Waals surface area contributed by atoms with Crippen LogP contribution in [0.4, 0.5) is 14.6 Å². The maximum absolute atomic E-state index is 13.5. The zero-order chi connectivity index (χ0) is 24.9. The van der Waals surface area contributed by atoms with Crippen molar-refractivity contribution in [1.29, 1.82) is 0 Å². The number of hydrogen-bond acceptors (Lipinski definition) is 5. The molecule has 3 aromatic rings. The van der Waals surface area contributed by atoms with Crippen LogP contribution in [0, 0.1) is 26.2 Å². The van der Waals surface area contributed by atoms with Gasteiger partial charge in [-0.25, -0.2) is 18.7 Å². The summed E-state index contributed by atoms with van der Waals surface area (Å²) in [4.78, 5) is 24.6.